The van der Waals surface area contributed by atoms with Crippen LogP contribution in [0.3, 0.4) is 0 Å². The van der Waals surface area contributed by atoms with E-state index in [-0.39, 0.29) is 11.2 Å². The van der Waals surface area contributed by atoms with Crippen molar-refractivity contribution in [2.45, 2.75) is 56.2 Å². The summed E-state index contributed by atoms with van der Waals surface area (Å²) in [4.78, 5) is 5.03. The molecule has 2 heterocycles. The lowest BCUT2D eigenvalue weighted by Crippen LogP contribution is -2.30. The minimum atomic E-state index is 0.177. The lowest BCUT2D eigenvalue weighted by atomic mass is 9.82. The first-order chi connectivity index (χ1) is 12.8. The molecule has 0 fully saturated rings. The fraction of sp³-hybridized carbons (Fsp3) is 0.435. The van der Waals surface area contributed by atoms with Crippen LogP contribution < -0.4 is 0 Å². The third-order valence-corrected chi connectivity index (χ3v) is 6.35. The molecular formula is C23H28N2S. The highest BCUT2D eigenvalue weighted by Crippen LogP contribution is 2.43. The molecule has 3 unspecified atom stereocenters. The Morgan fingerprint density at radius 2 is 2.19 bits per heavy atom. The molecule has 0 N–H and O–H groups in total. The molecule has 3 atom stereocenters. The van der Waals surface area contributed by atoms with Crippen molar-refractivity contribution in [2.75, 3.05) is 6.54 Å². The van der Waals surface area contributed by atoms with Crippen molar-refractivity contribution in [2.24, 2.45) is 4.99 Å². The van der Waals surface area contributed by atoms with Crippen molar-refractivity contribution in [3.63, 3.8) is 0 Å². The lowest BCUT2D eigenvalue weighted by Gasteiger charge is -2.32. The zero-order valence-corrected chi connectivity index (χ0v) is 16.5. The largest absolute Gasteiger partial charge is 0.337 e. The fourth-order valence-electron chi connectivity index (χ4n) is 4.65. The number of thiol groups is 1. The molecule has 1 aromatic carbocycles. The molecule has 0 saturated heterocycles. The van der Waals surface area contributed by atoms with Gasteiger partial charge in [0, 0.05) is 34.1 Å². The Hall–Kier alpha value is -1.74. The Morgan fingerprint density at radius 1 is 1.35 bits per heavy atom. The maximum Gasteiger partial charge on any atom is 0.0527 e. The Morgan fingerprint density at radius 3 is 3.00 bits per heavy atom. The minimum absolute atomic E-state index is 0.177. The van der Waals surface area contributed by atoms with Gasteiger partial charge < -0.3 is 4.57 Å². The molecule has 2 aromatic rings. The van der Waals surface area contributed by atoms with Crippen LogP contribution in [0.1, 0.15) is 55.8 Å². The number of allylic oxidation sites excluding steroid dienone is 2. The molecule has 0 amide bonds. The molecule has 3 heteroatoms. The Kier molecular flexibility index (Phi) is 5.08. The van der Waals surface area contributed by atoms with Crippen molar-refractivity contribution >= 4 is 29.2 Å². The highest BCUT2D eigenvalue weighted by Gasteiger charge is 2.36. The quantitative estimate of drug-likeness (QED) is 0.516. The molecule has 0 spiro atoms. The molecule has 4 rings (SSSR count). The molecule has 1 aromatic heterocycles. The predicted molar refractivity (Wildman–Crippen MR) is 116 cm³/mol. The molecular weight excluding hydrogens is 336 g/mol. The normalized spacial score (nSPS) is 24.0. The van der Waals surface area contributed by atoms with Gasteiger partial charge in [-0.25, -0.2) is 0 Å². The summed E-state index contributed by atoms with van der Waals surface area (Å²) in [7, 11) is 0. The second-order valence-corrected chi connectivity index (χ2v) is 7.97. The van der Waals surface area contributed by atoms with Gasteiger partial charge in [-0.15, -0.1) is 6.58 Å². The summed E-state index contributed by atoms with van der Waals surface area (Å²) in [6.07, 6.45) is 12.1. The van der Waals surface area contributed by atoms with Crippen LogP contribution in [0.25, 0.3) is 10.9 Å². The standard InChI is InChI=1S/C23H28N2S/c1-3-16(4-2)25-20-11-8-7-10-17(20)18-13-14-19-22(23(18)25)21(26)12-6-5-9-15-24-19/h3,6-8,10-12,16,21-22,26H,1,4-5,9,13-15H2,2H3. The van der Waals surface area contributed by atoms with E-state index in [0.29, 0.717) is 6.04 Å². The van der Waals surface area contributed by atoms with Crippen LogP contribution >= 0.6 is 12.6 Å². The van der Waals surface area contributed by atoms with E-state index >= 15 is 0 Å². The number of para-hydroxylation sites is 1. The first-order valence-electron chi connectivity index (χ1n) is 9.88. The average molecular weight is 365 g/mol. The Labute approximate surface area is 162 Å². The first kappa shape index (κ1) is 17.7. The van der Waals surface area contributed by atoms with E-state index in [1.807, 2.05) is 0 Å². The smallest absolute Gasteiger partial charge is 0.0527 e. The number of benzene rings is 1. The summed E-state index contributed by atoms with van der Waals surface area (Å²) in [6, 6.07) is 9.15. The summed E-state index contributed by atoms with van der Waals surface area (Å²) >= 11 is 5.02. The van der Waals surface area contributed by atoms with Crippen molar-refractivity contribution < 1.29 is 0 Å². The van der Waals surface area contributed by atoms with Crippen molar-refractivity contribution in [3.05, 3.63) is 60.3 Å². The second-order valence-electron chi connectivity index (χ2n) is 7.37. The van der Waals surface area contributed by atoms with E-state index in [4.69, 9.17) is 17.6 Å². The molecule has 2 aliphatic rings. The molecule has 0 bridgehead atoms. The van der Waals surface area contributed by atoms with Crippen molar-refractivity contribution in [1.82, 2.24) is 4.57 Å². The maximum atomic E-state index is 5.03. The zero-order chi connectivity index (χ0) is 18.1. The molecule has 26 heavy (non-hydrogen) atoms. The third kappa shape index (κ3) is 2.87. The van der Waals surface area contributed by atoms with Crippen molar-refractivity contribution in [1.29, 1.82) is 0 Å². The van der Waals surface area contributed by atoms with Gasteiger partial charge in [0.2, 0.25) is 0 Å². The van der Waals surface area contributed by atoms with Crippen LogP contribution in [-0.2, 0) is 6.42 Å². The number of aryl methyl sites for hydroxylation is 1. The summed E-state index contributed by atoms with van der Waals surface area (Å²) in [5.74, 6) is 0.262. The Bertz CT molecular complexity index is 874. The monoisotopic (exact) mass is 364 g/mol. The van der Waals surface area contributed by atoms with Gasteiger partial charge in [0.15, 0.2) is 0 Å². The van der Waals surface area contributed by atoms with Gasteiger partial charge in [-0.3, -0.25) is 4.99 Å². The summed E-state index contributed by atoms with van der Waals surface area (Å²) in [5, 5.41) is 1.57. The highest BCUT2D eigenvalue weighted by atomic mass is 32.1. The summed E-state index contributed by atoms with van der Waals surface area (Å²) < 4.78 is 2.53. The molecule has 1 aliphatic carbocycles. The van der Waals surface area contributed by atoms with Crippen LogP contribution in [-0.4, -0.2) is 22.1 Å². The minimum Gasteiger partial charge on any atom is -0.337 e. The topological polar surface area (TPSA) is 17.3 Å². The number of nitrogens with zero attached hydrogens (tertiary/aromatic N) is 2. The number of fused-ring (bicyclic) bond motifs is 5. The van der Waals surface area contributed by atoms with Crippen molar-refractivity contribution in [3.8, 4) is 0 Å². The number of aliphatic imine (C=N–C) groups is 1. The summed E-state index contributed by atoms with van der Waals surface area (Å²) in [5.41, 5.74) is 5.59. The van der Waals surface area contributed by atoms with E-state index in [1.165, 1.54) is 27.9 Å². The van der Waals surface area contributed by atoms with Crippen LogP contribution in [0.4, 0.5) is 0 Å². The van der Waals surface area contributed by atoms with E-state index < -0.39 is 0 Å². The van der Waals surface area contributed by atoms with Crippen LogP contribution in [0.15, 0.2) is 54.1 Å². The number of hydrogen-bond donors (Lipinski definition) is 1. The highest BCUT2D eigenvalue weighted by molar-refractivity contribution is 7.81. The Balaban J connectivity index is 2.01. The second kappa shape index (κ2) is 7.48. The van der Waals surface area contributed by atoms with Gasteiger partial charge in [0.25, 0.3) is 0 Å². The lowest BCUT2D eigenvalue weighted by molar-refractivity contribution is 0.566. The molecule has 0 radical (unpaired) electrons. The first-order valence-corrected chi connectivity index (χ1v) is 10.4. The zero-order valence-electron chi connectivity index (χ0n) is 15.6. The number of hydrogen-bond acceptors (Lipinski definition) is 2. The van der Waals surface area contributed by atoms with Gasteiger partial charge in [-0.1, -0.05) is 43.4 Å². The van der Waals surface area contributed by atoms with E-state index in [2.05, 4.69) is 60.6 Å². The van der Waals surface area contributed by atoms with Gasteiger partial charge in [-0.05, 0) is 43.7 Å². The molecule has 136 valence electrons. The molecule has 1 aliphatic heterocycles. The third-order valence-electron chi connectivity index (χ3n) is 5.88. The predicted octanol–water partition coefficient (Wildman–Crippen LogP) is 5.90. The summed E-state index contributed by atoms with van der Waals surface area (Å²) in [6.45, 7) is 7.31. The maximum absolute atomic E-state index is 5.03. The van der Waals surface area contributed by atoms with Gasteiger partial charge >= 0.3 is 0 Å². The number of rotatable bonds is 3. The van der Waals surface area contributed by atoms with E-state index in [9.17, 15) is 0 Å². The SMILES string of the molecule is C=CC(CC)n1c2c(c3ccccc31)CCC1=NCCCC=CC(S)C12. The molecule has 2 nitrogen and oxygen atoms in total. The van der Waals surface area contributed by atoms with Crippen LogP contribution in [0.2, 0.25) is 0 Å². The number of aromatic nitrogens is 1. The fourth-order valence-corrected chi connectivity index (χ4v) is 5.08. The van der Waals surface area contributed by atoms with Crippen LogP contribution in [0, 0.1) is 0 Å². The van der Waals surface area contributed by atoms with Gasteiger partial charge in [0.1, 0.15) is 0 Å². The van der Waals surface area contributed by atoms with Gasteiger partial charge in [0.05, 0.1) is 12.0 Å². The average Bonchev–Trinajstić information content (AvgIpc) is 3.03. The van der Waals surface area contributed by atoms with E-state index in [1.54, 1.807) is 0 Å². The van der Waals surface area contributed by atoms with Gasteiger partial charge in [-0.2, -0.15) is 12.6 Å². The van der Waals surface area contributed by atoms with Crippen LogP contribution in [0.5, 0.6) is 0 Å². The molecule has 0 saturated carbocycles. The van der Waals surface area contributed by atoms with E-state index in [0.717, 1.165) is 38.6 Å².